The van der Waals surface area contributed by atoms with Gasteiger partial charge in [-0.3, -0.25) is 14.6 Å². The maximum atomic E-state index is 12.6. The SMILES string of the molecule is CCCCC(C)CCOC(=O)CCn1c(=O)[nH]c(=O)n(CCC(=O)OCCC(C)CCCO)c1=O. The molecule has 1 heterocycles. The number of aromatic nitrogens is 3. The molecule has 0 aliphatic carbocycles. The van der Waals surface area contributed by atoms with E-state index in [0.717, 1.165) is 41.2 Å². The Kier molecular flexibility index (Phi) is 14.6. The normalized spacial score (nSPS) is 12.8. The van der Waals surface area contributed by atoms with Gasteiger partial charge in [-0.05, 0) is 37.5 Å². The summed E-state index contributed by atoms with van der Waals surface area (Å²) >= 11 is 0. The largest absolute Gasteiger partial charge is 0.466 e. The molecule has 11 nitrogen and oxygen atoms in total. The molecule has 2 N–H and O–H groups in total. The van der Waals surface area contributed by atoms with Crippen LogP contribution in [0.1, 0.15) is 78.6 Å². The first-order valence-electron chi connectivity index (χ1n) is 12.6. The first kappa shape index (κ1) is 30.3. The summed E-state index contributed by atoms with van der Waals surface area (Å²) < 4.78 is 11.8. The second-order valence-electron chi connectivity index (χ2n) is 9.06. The number of hydrogen-bond acceptors (Lipinski definition) is 8. The highest BCUT2D eigenvalue weighted by atomic mass is 16.5. The number of aliphatic hydroxyl groups excluding tert-OH is 1. The van der Waals surface area contributed by atoms with Crippen LogP contribution in [0.15, 0.2) is 14.4 Å². The first-order valence-corrected chi connectivity index (χ1v) is 12.6. The second-order valence-corrected chi connectivity index (χ2v) is 9.06. The number of carbonyl (C=O) groups excluding carboxylic acids is 2. The molecule has 1 aromatic rings. The Balaban J connectivity index is 2.56. The predicted molar refractivity (Wildman–Crippen MR) is 130 cm³/mol. The van der Waals surface area contributed by atoms with Gasteiger partial charge in [0.05, 0.1) is 26.1 Å². The highest BCUT2D eigenvalue weighted by Gasteiger charge is 2.14. The third kappa shape index (κ3) is 12.0. The van der Waals surface area contributed by atoms with Crippen LogP contribution in [-0.4, -0.2) is 51.0 Å². The lowest BCUT2D eigenvalue weighted by Crippen LogP contribution is -2.49. The lowest BCUT2D eigenvalue weighted by molar-refractivity contribution is -0.145. The van der Waals surface area contributed by atoms with E-state index in [9.17, 15) is 24.0 Å². The van der Waals surface area contributed by atoms with Crippen molar-refractivity contribution in [3.05, 3.63) is 31.5 Å². The van der Waals surface area contributed by atoms with Crippen LogP contribution in [0.5, 0.6) is 0 Å². The molecule has 200 valence electrons. The number of rotatable bonds is 18. The van der Waals surface area contributed by atoms with Gasteiger partial charge < -0.3 is 14.6 Å². The van der Waals surface area contributed by atoms with Crippen LogP contribution in [0.4, 0.5) is 0 Å². The van der Waals surface area contributed by atoms with Crippen molar-refractivity contribution in [2.75, 3.05) is 19.8 Å². The molecule has 0 saturated heterocycles. The molecule has 2 atom stereocenters. The average molecular weight is 500 g/mol. The van der Waals surface area contributed by atoms with Gasteiger partial charge in [-0.25, -0.2) is 23.5 Å². The minimum absolute atomic E-state index is 0.120. The minimum atomic E-state index is -0.926. The highest BCUT2D eigenvalue weighted by molar-refractivity contribution is 5.69. The number of nitrogens with zero attached hydrogens (tertiary/aromatic N) is 2. The summed E-state index contributed by atoms with van der Waals surface area (Å²) in [5.74, 6) is -0.369. The summed E-state index contributed by atoms with van der Waals surface area (Å²) in [7, 11) is 0. The smallest absolute Gasteiger partial charge is 0.336 e. The van der Waals surface area contributed by atoms with Crippen molar-refractivity contribution in [1.29, 1.82) is 0 Å². The molecule has 0 fully saturated rings. The molecule has 1 rings (SSSR count). The zero-order valence-electron chi connectivity index (χ0n) is 21.3. The van der Waals surface area contributed by atoms with Gasteiger partial charge >= 0.3 is 29.0 Å². The molecule has 0 aliphatic rings. The molecule has 0 saturated carbocycles. The number of nitrogens with one attached hydrogen (secondary N) is 1. The Bertz CT molecular complexity index is 878. The summed E-state index contributed by atoms with van der Waals surface area (Å²) in [4.78, 5) is 62.8. The molecule has 0 radical (unpaired) electrons. The Morgan fingerprint density at radius 2 is 1.29 bits per heavy atom. The Labute approximate surface area is 205 Å². The van der Waals surface area contributed by atoms with E-state index in [-0.39, 0.29) is 45.8 Å². The lowest BCUT2D eigenvalue weighted by atomic mass is 10.0. The van der Waals surface area contributed by atoms with E-state index < -0.39 is 29.0 Å². The molecule has 11 heteroatoms. The van der Waals surface area contributed by atoms with Crippen molar-refractivity contribution in [2.45, 2.75) is 91.6 Å². The van der Waals surface area contributed by atoms with Gasteiger partial charge in [-0.15, -0.1) is 0 Å². The Hall–Kier alpha value is -2.69. The molecular weight excluding hydrogens is 458 g/mol. The fourth-order valence-electron chi connectivity index (χ4n) is 3.52. The lowest BCUT2D eigenvalue weighted by Gasteiger charge is -2.12. The maximum Gasteiger partial charge on any atom is 0.336 e. The van der Waals surface area contributed by atoms with Crippen LogP contribution in [0.2, 0.25) is 0 Å². The zero-order chi connectivity index (χ0) is 26.2. The third-order valence-corrected chi connectivity index (χ3v) is 5.90. The van der Waals surface area contributed by atoms with Crippen molar-refractivity contribution < 1.29 is 24.2 Å². The molecule has 1 aromatic heterocycles. The van der Waals surface area contributed by atoms with Crippen LogP contribution in [0.3, 0.4) is 0 Å². The molecule has 35 heavy (non-hydrogen) atoms. The Morgan fingerprint density at radius 3 is 1.71 bits per heavy atom. The standard InChI is InChI=1S/C24H41N3O8/c1-4-5-7-18(2)11-16-34-20(29)9-13-26-22(31)25-23(32)27(24(26)33)14-10-21(30)35-17-12-19(3)8-6-15-28/h18-19,28H,4-17H2,1-3H3,(H,25,31,32). The number of aromatic amines is 1. The van der Waals surface area contributed by atoms with Crippen molar-refractivity contribution in [3.63, 3.8) is 0 Å². The summed E-state index contributed by atoms with van der Waals surface area (Å²) in [5.41, 5.74) is -2.74. The summed E-state index contributed by atoms with van der Waals surface area (Å²) in [5, 5.41) is 8.84. The summed E-state index contributed by atoms with van der Waals surface area (Å²) in [6.07, 6.45) is 5.79. The van der Waals surface area contributed by atoms with Crippen LogP contribution in [0.25, 0.3) is 0 Å². The number of carbonyl (C=O) groups is 2. The molecule has 0 amide bonds. The number of ether oxygens (including phenoxy) is 2. The Morgan fingerprint density at radius 1 is 0.829 bits per heavy atom. The van der Waals surface area contributed by atoms with E-state index in [1.54, 1.807) is 0 Å². The number of hydrogen-bond donors (Lipinski definition) is 2. The monoisotopic (exact) mass is 499 g/mol. The van der Waals surface area contributed by atoms with Gasteiger partial charge in [0.25, 0.3) is 0 Å². The fourth-order valence-corrected chi connectivity index (χ4v) is 3.52. The van der Waals surface area contributed by atoms with E-state index in [4.69, 9.17) is 14.6 Å². The number of unbranched alkanes of at least 4 members (excludes halogenated alkanes) is 1. The van der Waals surface area contributed by atoms with Crippen molar-refractivity contribution in [1.82, 2.24) is 14.1 Å². The van der Waals surface area contributed by atoms with Gasteiger partial charge in [0.15, 0.2) is 0 Å². The highest BCUT2D eigenvalue weighted by Crippen LogP contribution is 2.12. The van der Waals surface area contributed by atoms with E-state index in [1.807, 2.05) is 11.9 Å². The maximum absolute atomic E-state index is 12.6. The summed E-state index contributed by atoms with van der Waals surface area (Å²) in [6.45, 7) is 6.32. The number of esters is 2. The summed E-state index contributed by atoms with van der Waals surface area (Å²) in [6, 6.07) is 0. The molecule has 0 bridgehead atoms. The van der Waals surface area contributed by atoms with Crippen LogP contribution in [0, 0.1) is 11.8 Å². The van der Waals surface area contributed by atoms with Crippen molar-refractivity contribution in [3.8, 4) is 0 Å². The zero-order valence-corrected chi connectivity index (χ0v) is 21.3. The van der Waals surface area contributed by atoms with Crippen LogP contribution < -0.4 is 17.1 Å². The molecular formula is C24H41N3O8. The quantitative estimate of drug-likeness (QED) is 0.289. The molecule has 0 aliphatic heterocycles. The van der Waals surface area contributed by atoms with Crippen molar-refractivity contribution >= 4 is 11.9 Å². The van der Waals surface area contributed by atoms with Crippen molar-refractivity contribution in [2.24, 2.45) is 11.8 Å². The van der Waals surface area contributed by atoms with E-state index >= 15 is 0 Å². The number of aliphatic hydroxyl groups is 1. The van der Waals surface area contributed by atoms with Gasteiger partial charge in [-0.2, -0.15) is 0 Å². The first-order chi connectivity index (χ1) is 16.7. The van der Waals surface area contributed by atoms with E-state index in [0.29, 0.717) is 24.7 Å². The molecule has 2 unspecified atom stereocenters. The predicted octanol–water partition coefficient (Wildman–Crippen LogP) is 1.58. The number of H-pyrrole nitrogens is 1. The van der Waals surface area contributed by atoms with E-state index in [2.05, 4.69) is 13.8 Å². The van der Waals surface area contributed by atoms with Crippen LogP contribution in [-0.2, 0) is 32.2 Å². The average Bonchev–Trinajstić information content (AvgIpc) is 2.80. The van der Waals surface area contributed by atoms with Crippen LogP contribution >= 0.6 is 0 Å². The topological polar surface area (TPSA) is 150 Å². The fraction of sp³-hybridized carbons (Fsp3) is 0.792. The van der Waals surface area contributed by atoms with Gasteiger partial charge in [0, 0.05) is 19.7 Å². The molecule has 0 aromatic carbocycles. The second kappa shape index (κ2) is 16.9. The van der Waals surface area contributed by atoms with E-state index in [1.165, 1.54) is 0 Å². The molecule has 0 spiro atoms. The van der Waals surface area contributed by atoms with Gasteiger partial charge in [0.1, 0.15) is 0 Å². The van der Waals surface area contributed by atoms with Gasteiger partial charge in [-0.1, -0.05) is 40.0 Å². The third-order valence-electron chi connectivity index (χ3n) is 5.90. The van der Waals surface area contributed by atoms with Gasteiger partial charge in [0.2, 0.25) is 0 Å². The minimum Gasteiger partial charge on any atom is -0.466 e.